The molecule has 0 atom stereocenters. The van der Waals surface area contributed by atoms with Gasteiger partial charge in [0.05, 0.1) is 0 Å². The first kappa shape index (κ1) is 8.95. The first-order valence-electron chi connectivity index (χ1n) is 0.500. The molecule has 0 unspecified atom stereocenters. The molecule has 0 fully saturated rings. The maximum Gasteiger partial charge on any atom is 0 e. The Bertz CT molecular complexity index is 76.3. The van der Waals surface area contributed by atoms with E-state index < -0.39 is 19.5 Å². The van der Waals surface area contributed by atoms with Crippen LogP contribution in [0, 0.1) is 7.43 Å². The first-order chi connectivity index (χ1) is 1.73. The maximum absolute atomic E-state index is 8.59. The van der Waals surface area contributed by atoms with E-state index in [9.17, 15) is 0 Å². The molecule has 0 aliphatic carbocycles. The van der Waals surface area contributed by atoms with Crippen LogP contribution < -0.4 is 0 Å². The SMILES string of the molecule is O=[Te](=O)=O.[C]. The zero-order chi connectivity index (χ0) is 3.58. The molecule has 28 valence electrons. The monoisotopic (exact) mass is 190 g/mol. The normalized spacial score (nSPS) is 4.80. The Kier molecular flexibility index (Phi) is 7.50. The van der Waals surface area contributed by atoms with Crippen LogP contribution in [-0.4, -0.2) is 19.5 Å². The van der Waals surface area contributed by atoms with E-state index in [1.807, 2.05) is 0 Å². The van der Waals surface area contributed by atoms with Crippen LogP contribution in [0.2, 0.25) is 0 Å². The predicted octanol–water partition coefficient (Wildman–Crippen LogP) is -0.656. The average molecular weight is 188 g/mol. The standard InChI is InChI=1S/C.O3Te/c;1-4(2)3. The molecule has 0 aliphatic rings. The fourth-order valence-electron chi connectivity index (χ4n) is 0. The van der Waals surface area contributed by atoms with Gasteiger partial charge in [-0.15, -0.1) is 0 Å². The van der Waals surface area contributed by atoms with Crippen molar-refractivity contribution in [2.45, 2.75) is 0 Å². The zero-order valence-electron chi connectivity index (χ0n) is 2.13. The van der Waals surface area contributed by atoms with Gasteiger partial charge in [0.2, 0.25) is 0 Å². The van der Waals surface area contributed by atoms with Crippen LogP contribution >= 0.6 is 0 Å². The second-order valence-corrected chi connectivity index (χ2v) is 1.37. The maximum atomic E-state index is 8.59. The van der Waals surface area contributed by atoms with Crippen molar-refractivity contribution >= 4 is 19.5 Å². The van der Waals surface area contributed by atoms with E-state index in [0.29, 0.717) is 0 Å². The van der Waals surface area contributed by atoms with Gasteiger partial charge in [-0.1, -0.05) is 0 Å². The van der Waals surface area contributed by atoms with Crippen LogP contribution in [0.5, 0.6) is 0 Å². The molecule has 4 radical (unpaired) electrons. The molecule has 0 aromatic heterocycles. The Morgan fingerprint density at radius 2 is 1.00 bits per heavy atom. The Balaban J connectivity index is 0. The molecule has 0 saturated heterocycles. The molecule has 0 aromatic rings. The minimum atomic E-state index is -4.11. The Morgan fingerprint density at radius 3 is 1.00 bits per heavy atom. The first-order valence-corrected chi connectivity index (χ1v) is 3.35. The molecular weight excluding hydrogens is 188 g/mol. The van der Waals surface area contributed by atoms with Crippen molar-refractivity contribution in [1.29, 1.82) is 0 Å². The zero-order valence-corrected chi connectivity index (χ0v) is 4.46. The van der Waals surface area contributed by atoms with E-state index in [1.54, 1.807) is 0 Å². The minimum Gasteiger partial charge on any atom is 0 e. The summed E-state index contributed by atoms with van der Waals surface area (Å²) in [5.41, 5.74) is 0. The minimum absolute atomic E-state index is 0. The second kappa shape index (κ2) is 4.19. The molecule has 0 N–H and O–H groups in total. The fraction of sp³-hybridized carbons (Fsp3) is 0. The summed E-state index contributed by atoms with van der Waals surface area (Å²) in [5, 5.41) is 0. The Hall–Kier alpha value is 0.190. The van der Waals surface area contributed by atoms with Crippen molar-refractivity contribution in [2.75, 3.05) is 0 Å². The molecule has 0 heterocycles. The molecule has 4 heteroatoms. The molecule has 5 heavy (non-hydrogen) atoms. The van der Waals surface area contributed by atoms with Crippen molar-refractivity contribution in [3.63, 3.8) is 0 Å². The van der Waals surface area contributed by atoms with Crippen LogP contribution in [0.4, 0.5) is 0 Å². The molecular formula is CO3Te. The van der Waals surface area contributed by atoms with E-state index >= 15 is 0 Å². The van der Waals surface area contributed by atoms with Gasteiger partial charge in [-0.2, -0.15) is 0 Å². The van der Waals surface area contributed by atoms with Crippen LogP contribution in [0.3, 0.4) is 0 Å². The van der Waals surface area contributed by atoms with Gasteiger partial charge in [-0.25, -0.2) is 0 Å². The van der Waals surface area contributed by atoms with Crippen LogP contribution in [0.1, 0.15) is 0 Å². The number of hydrogen-bond donors (Lipinski definition) is 0. The van der Waals surface area contributed by atoms with Gasteiger partial charge in [0.1, 0.15) is 0 Å². The molecule has 0 amide bonds. The van der Waals surface area contributed by atoms with E-state index in [-0.39, 0.29) is 7.43 Å². The van der Waals surface area contributed by atoms with Gasteiger partial charge >= 0.3 is 28.8 Å². The summed E-state index contributed by atoms with van der Waals surface area (Å²) >= 11 is -4.11. The Labute approximate surface area is 36.8 Å². The average Bonchev–Trinajstić information content (AvgIpc) is 0.811. The second-order valence-electron chi connectivity index (χ2n) is 0.204. The summed E-state index contributed by atoms with van der Waals surface area (Å²) in [6.45, 7) is 0. The van der Waals surface area contributed by atoms with Gasteiger partial charge in [0.25, 0.3) is 0 Å². The van der Waals surface area contributed by atoms with Crippen molar-refractivity contribution in [1.82, 2.24) is 0 Å². The van der Waals surface area contributed by atoms with Crippen LogP contribution in [-0.2, 0) is 9.31 Å². The molecule has 0 spiro atoms. The largest absolute Gasteiger partial charge is 0 e. The van der Waals surface area contributed by atoms with Gasteiger partial charge in [0, 0.05) is 7.43 Å². The third kappa shape index (κ3) is 559. The summed E-state index contributed by atoms with van der Waals surface area (Å²) in [6, 6.07) is 0. The molecule has 0 aliphatic heterocycles. The predicted molar refractivity (Wildman–Crippen MR) is 11.1 cm³/mol. The summed E-state index contributed by atoms with van der Waals surface area (Å²) in [7, 11) is 0. The van der Waals surface area contributed by atoms with Crippen LogP contribution in [0.25, 0.3) is 0 Å². The van der Waals surface area contributed by atoms with E-state index in [2.05, 4.69) is 0 Å². The van der Waals surface area contributed by atoms with E-state index in [1.165, 1.54) is 0 Å². The fourth-order valence-corrected chi connectivity index (χ4v) is 0. The third-order valence-electron chi connectivity index (χ3n) is 0. The molecule has 0 rings (SSSR count). The smallest absolute Gasteiger partial charge is 0 e. The van der Waals surface area contributed by atoms with Gasteiger partial charge in [0.15, 0.2) is 0 Å². The quantitative estimate of drug-likeness (QED) is 0.474. The summed E-state index contributed by atoms with van der Waals surface area (Å²) in [6.07, 6.45) is 0. The Morgan fingerprint density at radius 1 is 1.00 bits per heavy atom. The summed E-state index contributed by atoms with van der Waals surface area (Å²) < 4.78 is 25.8. The third-order valence-corrected chi connectivity index (χ3v) is 0. The molecule has 0 bridgehead atoms. The van der Waals surface area contributed by atoms with Gasteiger partial charge in [-0.05, 0) is 0 Å². The summed E-state index contributed by atoms with van der Waals surface area (Å²) in [5.74, 6) is 0. The number of rotatable bonds is 0. The molecule has 0 aromatic carbocycles. The van der Waals surface area contributed by atoms with E-state index in [0.717, 1.165) is 0 Å². The van der Waals surface area contributed by atoms with E-state index in [4.69, 9.17) is 9.31 Å². The van der Waals surface area contributed by atoms with Crippen LogP contribution in [0.15, 0.2) is 0 Å². The topological polar surface area (TPSA) is 51.2 Å². The van der Waals surface area contributed by atoms with Gasteiger partial charge < -0.3 is 0 Å². The van der Waals surface area contributed by atoms with Gasteiger partial charge in [-0.3, -0.25) is 0 Å². The van der Waals surface area contributed by atoms with Crippen molar-refractivity contribution in [3.8, 4) is 0 Å². The summed E-state index contributed by atoms with van der Waals surface area (Å²) in [4.78, 5) is 0. The van der Waals surface area contributed by atoms with Crippen molar-refractivity contribution in [3.05, 3.63) is 7.43 Å². The molecule has 3 nitrogen and oxygen atoms in total. The van der Waals surface area contributed by atoms with Crippen molar-refractivity contribution in [2.24, 2.45) is 0 Å². The van der Waals surface area contributed by atoms with Crippen molar-refractivity contribution < 1.29 is 9.31 Å². The number of hydrogen-bond acceptors (Lipinski definition) is 3. The molecule has 0 saturated carbocycles.